The van der Waals surface area contributed by atoms with E-state index in [2.05, 4.69) is 33.2 Å². The lowest BCUT2D eigenvalue weighted by atomic mass is 10.1. The van der Waals surface area contributed by atoms with Crippen LogP contribution in [0.4, 0.5) is 5.69 Å². The Morgan fingerprint density at radius 1 is 1.24 bits per heavy atom. The first-order chi connectivity index (χ1) is 8.18. The molecular formula is C13H12BrClN2. The fourth-order valence-corrected chi connectivity index (χ4v) is 2.30. The van der Waals surface area contributed by atoms with Gasteiger partial charge in [-0.05, 0) is 46.6 Å². The lowest BCUT2D eigenvalue weighted by molar-refractivity contribution is 0.881. The van der Waals surface area contributed by atoms with Gasteiger partial charge in [-0.2, -0.15) is 0 Å². The van der Waals surface area contributed by atoms with Gasteiger partial charge in [0.2, 0.25) is 0 Å². The van der Waals surface area contributed by atoms with Gasteiger partial charge in [-0.15, -0.1) is 0 Å². The number of nitrogens with zero attached hydrogens (tertiary/aromatic N) is 1. The third-order valence-electron chi connectivity index (χ3n) is 2.50. The molecule has 0 bridgehead atoms. The number of hydrogen-bond donors (Lipinski definition) is 1. The molecule has 2 rings (SSSR count). The minimum atomic E-state index is 0.129. The van der Waals surface area contributed by atoms with E-state index in [1.807, 2.05) is 36.4 Å². The quantitative estimate of drug-likeness (QED) is 0.833. The highest BCUT2D eigenvalue weighted by molar-refractivity contribution is 9.10. The van der Waals surface area contributed by atoms with Gasteiger partial charge in [0.15, 0.2) is 0 Å². The first-order valence-electron chi connectivity index (χ1n) is 5.30. The molecule has 88 valence electrons. The molecule has 4 heteroatoms. The zero-order chi connectivity index (χ0) is 12.3. The van der Waals surface area contributed by atoms with Gasteiger partial charge in [0.25, 0.3) is 0 Å². The normalized spacial score (nSPS) is 12.2. The lowest BCUT2D eigenvalue weighted by Gasteiger charge is -2.17. The van der Waals surface area contributed by atoms with Gasteiger partial charge in [0.1, 0.15) is 4.60 Å². The number of hydrogen-bond acceptors (Lipinski definition) is 2. The Bertz CT molecular complexity index is 516. The van der Waals surface area contributed by atoms with Gasteiger partial charge in [-0.25, -0.2) is 4.98 Å². The maximum Gasteiger partial charge on any atom is 0.129 e. The Balaban J connectivity index is 2.20. The lowest BCUT2D eigenvalue weighted by Crippen LogP contribution is -2.07. The summed E-state index contributed by atoms with van der Waals surface area (Å²) < 4.78 is 0.805. The van der Waals surface area contributed by atoms with Crippen molar-refractivity contribution in [3.63, 3.8) is 0 Å². The van der Waals surface area contributed by atoms with E-state index in [1.165, 1.54) is 0 Å². The molecule has 0 saturated carbocycles. The third-order valence-corrected chi connectivity index (χ3v) is 3.48. The maximum atomic E-state index is 6.16. The van der Waals surface area contributed by atoms with Gasteiger partial charge in [-0.3, -0.25) is 0 Å². The van der Waals surface area contributed by atoms with Crippen LogP contribution in [0.5, 0.6) is 0 Å². The molecule has 0 aliphatic carbocycles. The molecule has 0 spiro atoms. The Labute approximate surface area is 114 Å². The van der Waals surface area contributed by atoms with E-state index < -0.39 is 0 Å². The highest BCUT2D eigenvalue weighted by Crippen LogP contribution is 2.28. The number of benzene rings is 1. The Hall–Kier alpha value is -1.06. The van der Waals surface area contributed by atoms with E-state index in [0.717, 1.165) is 20.9 Å². The zero-order valence-electron chi connectivity index (χ0n) is 9.32. The van der Waals surface area contributed by atoms with Crippen molar-refractivity contribution in [3.8, 4) is 0 Å². The number of anilines is 1. The summed E-state index contributed by atoms with van der Waals surface area (Å²) in [7, 11) is 0. The minimum absolute atomic E-state index is 0.129. The predicted octanol–water partition coefficient (Wildman–Crippen LogP) is 4.67. The average molecular weight is 312 g/mol. The average Bonchev–Trinajstić information content (AvgIpc) is 2.32. The summed E-state index contributed by atoms with van der Waals surface area (Å²) in [6, 6.07) is 11.8. The van der Waals surface area contributed by atoms with Crippen molar-refractivity contribution in [2.24, 2.45) is 0 Å². The van der Waals surface area contributed by atoms with Gasteiger partial charge in [0, 0.05) is 11.2 Å². The van der Waals surface area contributed by atoms with E-state index in [-0.39, 0.29) is 6.04 Å². The molecule has 1 N–H and O–H groups in total. The largest absolute Gasteiger partial charge is 0.376 e. The summed E-state index contributed by atoms with van der Waals surface area (Å²) >= 11 is 9.57. The van der Waals surface area contributed by atoms with E-state index in [4.69, 9.17) is 11.6 Å². The molecule has 0 aliphatic rings. The molecule has 0 amide bonds. The second kappa shape index (κ2) is 5.52. The van der Waals surface area contributed by atoms with Crippen molar-refractivity contribution in [1.29, 1.82) is 0 Å². The van der Waals surface area contributed by atoms with Crippen LogP contribution in [0.1, 0.15) is 18.5 Å². The van der Waals surface area contributed by atoms with Crippen LogP contribution in [0.3, 0.4) is 0 Å². The fraction of sp³-hybridized carbons (Fsp3) is 0.154. The van der Waals surface area contributed by atoms with Gasteiger partial charge >= 0.3 is 0 Å². The fourth-order valence-electron chi connectivity index (χ4n) is 1.63. The van der Waals surface area contributed by atoms with Crippen LogP contribution < -0.4 is 5.32 Å². The molecular weight excluding hydrogens is 300 g/mol. The molecule has 0 radical (unpaired) electrons. The van der Waals surface area contributed by atoms with Crippen molar-refractivity contribution in [2.45, 2.75) is 13.0 Å². The molecule has 0 aliphatic heterocycles. The number of rotatable bonds is 3. The Morgan fingerprint density at radius 2 is 2.00 bits per heavy atom. The molecule has 0 fully saturated rings. The number of halogens is 2. The van der Waals surface area contributed by atoms with Gasteiger partial charge in [-0.1, -0.05) is 29.8 Å². The minimum Gasteiger partial charge on any atom is -0.376 e. The van der Waals surface area contributed by atoms with Crippen LogP contribution >= 0.6 is 27.5 Å². The van der Waals surface area contributed by atoms with Gasteiger partial charge in [0.05, 0.1) is 11.7 Å². The summed E-state index contributed by atoms with van der Waals surface area (Å²) in [4.78, 5) is 4.17. The van der Waals surface area contributed by atoms with Crippen LogP contribution in [0.25, 0.3) is 0 Å². The summed E-state index contributed by atoms with van der Waals surface area (Å²) in [6.45, 7) is 2.07. The second-order valence-electron chi connectivity index (χ2n) is 3.73. The predicted molar refractivity (Wildman–Crippen MR) is 75.4 cm³/mol. The van der Waals surface area contributed by atoms with Gasteiger partial charge < -0.3 is 5.32 Å². The highest BCUT2D eigenvalue weighted by atomic mass is 79.9. The first-order valence-corrected chi connectivity index (χ1v) is 6.47. The van der Waals surface area contributed by atoms with Crippen LogP contribution in [0.2, 0.25) is 5.02 Å². The standard InChI is InChI=1S/C13H12BrClN2/c1-9(10-5-2-3-6-11(10)15)17-12-7-4-8-16-13(12)14/h2-9,17H,1H3. The van der Waals surface area contributed by atoms with E-state index >= 15 is 0 Å². The number of nitrogens with one attached hydrogen (secondary N) is 1. The monoisotopic (exact) mass is 310 g/mol. The molecule has 1 aromatic heterocycles. The summed E-state index contributed by atoms with van der Waals surface area (Å²) in [6.07, 6.45) is 1.75. The summed E-state index contributed by atoms with van der Waals surface area (Å²) in [5.74, 6) is 0. The molecule has 0 saturated heterocycles. The number of pyridine rings is 1. The van der Waals surface area contributed by atoms with Crippen LogP contribution in [-0.2, 0) is 0 Å². The smallest absolute Gasteiger partial charge is 0.129 e. The van der Waals surface area contributed by atoms with Crippen LogP contribution in [-0.4, -0.2) is 4.98 Å². The SMILES string of the molecule is CC(Nc1cccnc1Br)c1ccccc1Cl. The third kappa shape index (κ3) is 2.99. The maximum absolute atomic E-state index is 6.16. The number of aromatic nitrogens is 1. The van der Waals surface area contributed by atoms with Crippen molar-refractivity contribution >= 4 is 33.2 Å². The molecule has 17 heavy (non-hydrogen) atoms. The summed E-state index contributed by atoms with van der Waals surface area (Å²) in [5, 5.41) is 4.14. The van der Waals surface area contributed by atoms with Crippen molar-refractivity contribution in [3.05, 3.63) is 57.8 Å². The first kappa shape index (κ1) is 12.4. The summed E-state index contributed by atoms with van der Waals surface area (Å²) in [5.41, 5.74) is 2.03. The van der Waals surface area contributed by atoms with E-state index in [9.17, 15) is 0 Å². The van der Waals surface area contributed by atoms with Crippen LogP contribution in [0, 0.1) is 0 Å². The van der Waals surface area contributed by atoms with Crippen molar-refractivity contribution in [1.82, 2.24) is 4.98 Å². The zero-order valence-corrected chi connectivity index (χ0v) is 11.7. The van der Waals surface area contributed by atoms with Crippen molar-refractivity contribution in [2.75, 3.05) is 5.32 Å². The molecule has 1 heterocycles. The van der Waals surface area contributed by atoms with Crippen molar-refractivity contribution < 1.29 is 0 Å². The molecule has 1 unspecified atom stereocenters. The molecule has 2 nitrogen and oxygen atoms in total. The Kier molecular flexibility index (Phi) is 4.02. The highest BCUT2D eigenvalue weighted by Gasteiger charge is 2.10. The second-order valence-corrected chi connectivity index (χ2v) is 4.89. The molecule has 1 aromatic carbocycles. The topological polar surface area (TPSA) is 24.9 Å². The molecule has 2 aromatic rings. The van der Waals surface area contributed by atoms with E-state index in [1.54, 1.807) is 6.20 Å². The van der Waals surface area contributed by atoms with E-state index in [0.29, 0.717) is 0 Å². The molecule has 1 atom stereocenters. The Morgan fingerprint density at radius 3 is 2.71 bits per heavy atom. The van der Waals surface area contributed by atoms with Crippen LogP contribution in [0.15, 0.2) is 47.2 Å².